The maximum absolute atomic E-state index is 12.0. The first-order valence-electron chi connectivity index (χ1n) is 7.14. The molecule has 0 radical (unpaired) electrons. The van der Waals surface area contributed by atoms with Gasteiger partial charge in [0.05, 0.1) is 24.9 Å². The fourth-order valence-corrected chi connectivity index (χ4v) is 2.65. The Bertz CT molecular complexity index is 728. The number of para-hydroxylation sites is 1. The molecule has 2 heterocycles. The van der Waals surface area contributed by atoms with Crippen LogP contribution in [0.25, 0.3) is 11.1 Å². The van der Waals surface area contributed by atoms with Crippen molar-refractivity contribution in [2.24, 2.45) is 0 Å². The second kappa shape index (κ2) is 5.67. The van der Waals surface area contributed by atoms with Crippen molar-refractivity contribution in [2.75, 3.05) is 32.2 Å². The second-order valence-corrected chi connectivity index (χ2v) is 5.29. The van der Waals surface area contributed by atoms with E-state index in [9.17, 15) is 4.79 Å². The number of likely N-dealkylation sites (N-methyl/N-ethyl adjacent to an activating group) is 1. The molecule has 2 aromatic rings. The lowest BCUT2D eigenvalue weighted by atomic mass is 9.98. The number of esters is 1. The van der Waals surface area contributed by atoms with Crippen LogP contribution in [-0.4, -0.2) is 38.3 Å². The van der Waals surface area contributed by atoms with Crippen LogP contribution >= 0.6 is 0 Å². The Morgan fingerprint density at radius 2 is 2.18 bits per heavy atom. The van der Waals surface area contributed by atoms with Gasteiger partial charge < -0.3 is 14.4 Å². The lowest BCUT2D eigenvalue weighted by molar-refractivity contribution is 0.0601. The lowest BCUT2D eigenvalue weighted by Crippen LogP contribution is -2.29. The smallest absolute Gasteiger partial charge is 0.340 e. The topological polar surface area (TPSA) is 51.7 Å². The Morgan fingerprint density at radius 3 is 2.95 bits per heavy atom. The van der Waals surface area contributed by atoms with E-state index in [1.165, 1.54) is 7.11 Å². The number of hydrogen-bond acceptors (Lipinski definition) is 5. The maximum atomic E-state index is 12.0. The van der Waals surface area contributed by atoms with Crippen molar-refractivity contribution in [1.82, 2.24) is 4.98 Å². The minimum Gasteiger partial charge on any atom is -0.489 e. The zero-order valence-electron chi connectivity index (χ0n) is 12.9. The third-order valence-corrected chi connectivity index (χ3v) is 3.81. The van der Waals surface area contributed by atoms with Gasteiger partial charge in [-0.1, -0.05) is 12.1 Å². The van der Waals surface area contributed by atoms with Crippen molar-refractivity contribution in [3.63, 3.8) is 0 Å². The van der Waals surface area contributed by atoms with Gasteiger partial charge in [-0.3, -0.25) is 4.98 Å². The van der Waals surface area contributed by atoms with Gasteiger partial charge in [-0.25, -0.2) is 4.79 Å². The summed E-state index contributed by atoms with van der Waals surface area (Å²) in [7, 11) is 3.40. The summed E-state index contributed by atoms with van der Waals surface area (Å²) in [4.78, 5) is 18.4. The Balaban J connectivity index is 2.22. The molecule has 0 fully saturated rings. The summed E-state index contributed by atoms with van der Waals surface area (Å²) in [5.41, 5.74) is 3.97. The predicted octanol–water partition coefficient (Wildman–Crippen LogP) is 2.67. The third-order valence-electron chi connectivity index (χ3n) is 3.81. The molecule has 0 saturated heterocycles. The fourth-order valence-electron chi connectivity index (χ4n) is 2.65. The summed E-state index contributed by atoms with van der Waals surface area (Å²) in [5.74, 6) is 0.399. The van der Waals surface area contributed by atoms with Gasteiger partial charge in [-0.2, -0.15) is 0 Å². The third kappa shape index (κ3) is 2.39. The van der Waals surface area contributed by atoms with Crippen molar-refractivity contribution in [3.8, 4) is 16.9 Å². The molecule has 1 aliphatic heterocycles. The van der Waals surface area contributed by atoms with Gasteiger partial charge in [0.15, 0.2) is 5.75 Å². The normalized spacial score (nSPS) is 13.3. The van der Waals surface area contributed by atoms with Crippen LogP contribution in [0.1, 0.15) is 16.1 Å². The SMILES string of the molecule is COC(=O)c1cnc(C)cc1-c1cccc2c1OCCN2C. The number of methoxy groups -OCH3 is 1. The first-order chi connectivity index (χ1) is 10.6. The minimum absolute atomic E-state index is 0.399. The number of anilines is 1. The van der Waals surface area contributed by atoms with Crippen molar-refractivity contribution in [3.05, 3.63) is 41.7 Å². The molecule has 3 rings (SSSR count). The molecular formula is C17H18N2O3. The van der Waals surface area contributed by atoms with Gasteiger partial charge in [-0.05, 0) is 19.1 Å². The van der Waals surface area contributed by atoms with Crippen molar-refractivity contribution >= 4 is 11.7 Å². The van der Waals surface area contributed by atoms with Gasteiger partial charge >= 0.3 is 5.97 Å². The van der Waals surface area contributed by atoms with Crippen LogP contribution < -0.4 is 9.64 Å². The summed E-state index contributed by atoms with van der Waals surface area (Å²) in [6.07, 6.45) is 1.56. The molecule has 114 valence electrons. The van der Waals surface area contributed by atoms with E-state index in [0.29, 0.717) is 12.2 Å². The van der Waals surface area contributed by atoms with Gasteiger partial charge in [0.2, 0.25) is 0 Å². The molecule has 5 heteroatoms. The summed E-state index contributed by atoms with van der Waals surface area (Å²) in [5, 5.41) is 0. The summed E-state index contributed by atoms with van der Waals surface area (Å²) in [6.45, 7) is 3.36. The summed E-state index contributed by atoms with van der Waals surface area (Å²) < 4.78 is 10.7. The zero-order chi connectivity index (χ0) is 15.7. The standard InChI is InChI=1S/C17H18N2O3/c1-11-9-13(14(10-18-11)17(20)21-3)12-5-4-6-15-16(12)22-8-7-19(15)2/h4-6,9-10H,7-8H2,1-3H3. The molecular weight excluding hydrogens is 280 g/mol. The van der Waals surface area contributed by atoms with E-state index in [2.05, 4.69) is 9.88 Å². The lowest BCUT2D eigenvalue weighted by Gasteiger charge is -2.29. The number of hydrogen-bond donors (Lipinski definition) is 0. The van der Waals surface area contributed by atoms with Crippen LogP contribution in [0.15, 0.2) is 30.5 Å². The number of rotatable bonds is 2. The Kier molecular flexibility index (Phi) is 3.71. The molecule has 0 unspecified atom stereocenters. The Morgan fingerprint density at radius 1 is 1.36 bits per heavy atom. The molecule has 0 N–H and O–H groups in total. The molecule has 1 aromatic carbocycles. The number of aryl methyl sites for hydroxylation is 1. The highest BCUT2D eigenvalue weighted by atomic mass is 16.5. The average Bonchev–Trinajstić information content (AvgIpc) is 2.54. The van der Waals surface area contributed by atoms with E-state index in [-0.39, 0.29) is 0 Å². The second-order valence-electron chi connectivity index (χ2n) is 5.29. The largest absolute Gasteiger partial charge is 0.489 e. The van der Waals surface area contributed by atoms with E-state index >= 15 is 0 Å². The van der Waals surface area contributed by atoms with Crippen LogP contribution in [-0.2, 0) is 4.74 Å². The number of benzene rings is 1. The van der Waals surface area contributed by atoms with Gasteiger partial charge in [-0.15, -0.1) is 0 Å². The Hall–Kier alpha value is -2.56. The van der Waals surface area contributed by atoms with Crippen LogP contribution in [0.4, 0.5) is 5.69 Å². The maximum Gasteiger partial charge on any atom is 0.340 e. The first kappa shape index (κ1) is 14.4. The van der Waals surface area contributed by atoms with E-state index in [1.807, 2.05) is 38.2 Å². The van der Waals surface area contributed by atoms with Gasteiger partial charge in [0, 0.05) is 30.1 Å². The number of ether oxygens (including phenoxy) is 2. The predicted molar refractivity (Wildman–Crippen MR) is 84.5 cm³/mol. The number of fused-ring (bicyclic) bond motifs is 1. The molecule has 0 atom stereocenters. The summed E-state index contributed by atoms with van der Waals surface area (Å²) in [6, 6.07) is 7.83. The van der Waals surface area contributed by atoms with Crippen molar-refractivity contribution in [1.29, 1.82) is 0 Å². The highest BCUT2D eigenvalue weighted by Crippen LogP contribution is 2.41. The number of carbonyl (C=O) groups is 1. The molecule has 1 aliphatic rings. The molecule has 0 aliphatic carbocycles. The monoisotopic (exact) mass is 298 g/mol. The average molecular weight is 298 g/mol. The molecule has 0 bridgehead atoms. The minimum atomic E-state index is -0.399. The fraction of sp³-hybridized carbons (Fsp3) is 0.294. The molecule has 0 amide bonds. The van der Waals surface area contributed by atoms with E-state index in [0.717, 1.165) is 34.8 Å². The zero-order valence-corrected chi connectivity index (χ0v) is 12.9. The Labute approximate surface area is 129 Å². The molecule has 0 saturated carbocycles. The van der Waals surface area contributed by atoms with Crippen molar-refractivity contribution in [2.45, 2.75) is 6.92 Å². The number of pyridine rings is 1. The van der Waals surface area contributed by atoms with Crippen LogP contribution in [0.5, 0.6) is 5.75 Å². The van der Waals surface area contributed by atoms with Gasteiger partial charge in [0.25, 0.3) is 0 Å². The van der Waals surface area contributed by atoms with Gasteiger partial charge in [0.1, 0.15) is 6.61 Å². The molecule has 5 nitrogen and oxygen atoms in total. The summed E-state index contributed by atoms with van der Waals surface area (Å²) >= 11 is 0. The number of aromatic nitrogens is 1. The molecule has 0 spiro atoms. The molecule has 22 heavy (non-hydrogen) atoms. The number of carbonyl (C=O) groups excluding carboxylic acids is 1. The van der Waals surface area contributed by atoms with Crippen LogP contribution in [0.3, 0.4) is 0 Å². The van der Waals surface area contributed by atoms with Crippen molar-refractivity contribution < 1.29 is 14.3 Å². The van der Waals surface area contributed by atoms with E-state index in [1.54, 1.807) is 6.20 Å². The highest BCUT2D eigenvalue weighted by molar-refractivity contribution is 5.98. The molecule has 1 aromatic heterocycles. The quantitative estimate of drug-likeness (QED) is 0.798. The number of nitrogens with zero attached hydrogens (tertiary/aromatic N) is 2. The highest BCUT2D eigenvalue weighted by Gasteiger charge is 2.22. The van der Waals surface area contributed by atoms with Crippen LogP contribution in [0.2, 0.25) is 0 Å². The van der Waals surface area contributed by atoms with E-state index in [4.69, 9.17) is 9.47 Å². The van der Waals surface area contributed by atoms with E-state index < -0.39 is 5.97 Å². The first-order valence-corrected chi connectivity index (χ1v) is 7.14. The van der Waals surface area contributed by atoms with Crippen LogP contribution in [0, 0.1) is 6.92 Å².